The van der Waals surface area contributed by atoms with Crippen LogP contribution in [0.3, 0.4) is 0 Å². The van der Waals surface area contributed by atoms with Gasteiger partial charge in [0, 0.05) is 29.6 Å². The van der Waals surface area contributed by atoms with Gasteiger partial charge in [0.25, 0.3) is 0 Å². The zero-order valence-electron chi connectivity index (χ0n) is 13.5. The number of nitrogens with zero attached hydrogens (tertiary/aromatic N) is 1. The fraction of sp³-hybridized carbons (Fsp3) is 0.263. The van der Waals surface area contributed by atoms with Crippen molar-refractivity contribution < 1.29 is 4.74 Å². The number of rotatable bonds is 6. The van der Waals surface area contributed by atoms with Crippen molar-refractivity contribution in [3.63, 3.8) is 0 Å². The third-order valence-corrected chi connectivity index (χ3v) is 3.76. The van der Waals surface area contributed by atoms with Crippen LogP contribution in [0, 0.1) is 6.92 Å². The van der Waals surface area contributed by atoms with Gasteiger partial charge in [-0.05, 0) is 43.8 Å². The standard InChI is InChI=1S/C19H22N2O/c1-6-8-11-21(4)13-15(7-2)19-14(3)17-12-16(22-5)9-10-18(17)20-19/h8-10,12,20H,1-2,11,13H2,3-5H3. The van der Waals surface area contributed by atoms with Crippen LogP contribution in [0.5, 0.6) is 5.75 Å². The second-order valence-corrected chi connectivity index (χ2v) is 5.30. The van der Waals surface area contributed by atoms with Gasteiger partial charge >= 0.3 is 0 Å². The summed E-state index contributed by atoms with van der Waals surface area (Å²) in [6, 6.07) is 6.05. The number of likely N-dealkylation sites (N-methyl/N-ethyl adjacent to an activating group) is 1. The lowest BCUT2D eigenvalue weighted by atomic mass is 10.1. The summed E-state index contributed by atoms with van der Waals surface area (Å²) >= 11 is 0. The predicted molar refractivity (Wildman–Crippen MR) is 93.3 cm³/mol. The Hall–Kier alpha value is -2.44. The minimum Gasteiger partial charge on any atom is -0.497 e. The normalized spacial score (nSPS) is 10.4. The van der Waals surface area contributed by atoms with Gasteiger partial charge in [0.15, 0.2) is 0 Å². The number of nitrogens with one attached hydrogen (secondary N) is 1. The summed E-state index contributed by atoms with van der Waals surface area (Å²) in [5, 5.41) is 1.16. The predicted octanol–water partition coefficient (Wildman–Crippen LogP) is 3.93. The van der Waals surface area contributed by atoms with Crippen LogP contribution < -0.4 is 4.74 Å². The smallest absolute Gasteiger partial charge is 0.119 e. The molecule has 0 aliphatic heterocycles. The van der Waals surface area contributed by atoms with Crippen LogP contribution in [0.25, 0.3) is 16.5 Å². The number of fused-ring (bicyclic) bond motifs is 1. The van der Waals surface area contributed by atoms with E-state index in [4.69, 9.17) is 4.74 Å². The van der Waals surface area contributed by atoms with Crippen LogP contribution in [-0.4, -0.2) is 37.1 Å². The van der Waals surface area contributed by atoms with Crippen LogP contribution in [0.1, 0.15) is 11.3 Å². The molecule has 0 fully saturated rings. The van der Waals surface area contributed by atoms with Crippen LogP contribution in [0.4, 0.5) is 0 Å². The number of hydrogen-bond acceptors (Lipinski definition) is 2. The molecule has 1 N–H and O–H groups in total. The van der Waals surface area contributed by atoms with Crippen LogP contribution in [0.2, 0.25) is 0 Å². The Morgan fingerprint density at radius 1 is 1.41 bits per heavy atom. The lowest BCUT2D eigenvalue weighted by molar-refractivity contribution is 0.415. The van der Waals surface area contributed by atoms with Crippen molar-refractivity contribution in [2.24, 2.45) is 0 Å². The molecule has 3 nitrogen and oxygen atoms in total. The zero-order valence-corrected chi connectivity index (χ0v) is 13.5. The summed E-state index contributed by atoms with van der Waals surface area (Å²) in [6.45, 7) is 11.1. The maximum absolute atomic E-state index is 5.31. The Labute approximate surface area is 131 Å². The molecule has 0 spiro atoms. The lowest BCUT2D eigenvalue weighted by Crippen LogP contribution is -2.20. The topological polar surface area (TPSA) is 28.3 Å². The van der Waals surface area contributed by atoms with E-state index >= 15 is 0 Å². The van der Waals surface area contributed by atoms with Crippen LogP contribution in [0.15, 0.2) is 48.9 Å². The van der Waals surface area contributed by atoms with Crippen molar-refractivity contribution in [2.45, 2.75) is 6.92 Å². The van der Waals surface area contributed by atoms with Gasteiger partial charge < -0.3 is 9.72 Å². The highest BCUT2D eigenvalue weighted by Crippen LogP contribution is 2.29. The van der Waals surface area contributed by atoms with E-state index in [-0.39, 0.29) is 0 Å². The molecule has 0 aliphatic carbocycles. The lowest BCUT2D eigenvalue weighted by Gasteiger charge is -2.15. The highest BCUT2D eigenvalue weighted by molar-refractivity contribution is 5.90. The van der Waals surface area contributed by atoms with Crippen molar-refractivity contribution in [1.29, 1.82) is 0 Å². The van der Waals surface area contributed by atoms with Crippen molar-refractivity contribution >= 4 is 16.5 Å². The summed E-state index contributed by atoms with van der Waals surface area (Å²) in [4.78, 5) is 5.63. The largest absolute Gasteiger partial charge is 0.497 e. The highest BCUT2D eigenvalue weighted by Gasteiger charge is 2.13. The first kappa shape index (κ1) is 15.9. The van der Waals surface area contributed by atoms with Crippen molar-refractivity contribution in [3.05, 3.63) is 60.2 Å². The van der Waals surface area contributed by atoms with Gasteiger partial charge in [-0.3, -0.25) is 4.90 Å². The van der Waals surface area contributed by atoms with Crippen molar-refractivity contribution in [1.82, 2.24) is 9.88 Å². The van der Waals surface area contributed by atoms with Crippen molar-refractivity contribution in [3.8, 4) is 5.75 Å². The molecule has 0 aliphatic rings. The average Bonchev–Trinajstić information content (AvgIpc) is 2.87. The first-order valence-corrected chi connectivity index (χ1v) is 7.19. The van der Waals surface area contributed by atoms with E-state index in [0.717, 1.165) is 41.0 Å². The molecular weight excluding hydrogens is 272 g/mol. The molecule has 3 heteroatoms. The van der Waals surface area contributed by atoms with E-state index in [1.165, 1.54) is 5.56 Å². The molecule has 0 atom stereocenters. The molecule has 0 saturated heterocycles. The quantitative estimate of drug-likeness (QED) is 0.818. The minimum atomic E-state index is 0.756. The molecule has 1 aromatic carbocycles. The van der Waals surface area contributed by atoms with Crippen molar-refractivity contribution in [2.75, 3.05) is 27.2 Å². The maximum Gasteiger partial charge on any atom is 0.119 e. The SMILES string of the molecule is C=C=CCN(C)CC(=C=C)c1[nH]c2ccc(OC)cc2c1C. The molecule has 0 unspecified atom stereocenters. The Morgan fingerprint density at radius 3 is 2.82 bits per heavy atom. The number of ether oxygens (including phenoxy) is 1. The molecule has 2 aromatic rings. The molecule has 0 amide bonds. The Bertz CT molecular complexity index is 772. The van der Waals surface area contributed by atoms with Crippen LogP contribution >= 0.6 is 0 Å². The fourth-order valence-electron chi connectivity index (χ4n) is 2.51. The number of aromatic nitrogens is 1. The molecule has 0 bridgehead atoms. The van der Waals surface area contributed by atoms with Gasteiger partial charge in [0.1, 0.15) is 5.75 Å². The Balaban J connectivity index is 2.37. The number of benzene rings is 1. The molecular formula is C19H22N2O. The molecule has 0 saturated carbocycles. The van der Waals surface area contributed by atoms with E-state index in [9.17, 15) is 0 Å². The third-order valence-electron chi connectivity index (χ3n) is 3.76. The Morgan fingerprint density at radius 2 is 2.18 bits per heavy atom. The summed E-state index contributed by atoms with van der Waals surface area (Å²) in [7, 11) is 3.73. The fourth-order valence-corrected chi connectivity index (χ4v) is 2.51. The molecule has 22 heavy (non-hydrogen) atoms. The van der Waals surface area contributed by atoms with E-state index in [1.807, 2.05) is 25.3 Å². The van der Waals surface area contributed by atoms with E-state index in [2.05, 4.69) is 47.5 Å². The second-order valence-electron chi connectivity index (χ2n) is 5.30. The molecule has 1 heterocycles. The van der Waals surface area contributed by atoms with Gasteiger partial charge in [-0.25, -0.2) is 0 Å². The summed E-state index contributed by atoms with van der Waals surface area (Å²) < 4.78 is 5.31. The number of H-pyrrole nitrogens is 1. The van der Waals surface area contributed by atoms with E-state index in [1.54, 1.807) is 7.11 Å². The molecule has 0 radical (unpaired) electrons. The summed E-state index contributed by atoms with van der Waals surface area (Å²) in [5.74, 6) is 0.860. The van der Waals surface area contributed by atoms with Gasteiger partial charge in [0.2, 0.25) is 0 Å². The Kier molecular flexibility index (Phi) is 5.08. The maximum atomic E-state index is 5.31. The number of aryl methyl sites for hydroxylation is 1. The van der Waals surface area contributed by atoms with Gasteiger partial charge in [0.05, 0.1) is 12.8 Å². The van der Waals surface area contributed by atoms with Gasteiger partial charge in [-0.15, -0.1) is 11.5 Å². The number of hydrogen-bond donors (Lipinski definition) is 1. The first-order valence-electron chi connectivity index (χ1n) is 7.19. The highest BCUT2D eigenvalue weighted by atomic mass is 16.5. The minimum absolute atomic E-state index is 0.756. The van der Waals surface area contributed by atoms with Gasteiger partial charge in [-0.2, -0.15) is 0 Å². The number of aromatic amines is 1. The monoisotopic (exact) mass is 294 g/mol. The van der Waals surface area contributed by atoms with E-state index in [0.29, 0.717) is 0 Å². The summed E-state index contributed by atoms with van der Waals surface area (Å²) in [6.07, 6.45) is 1.91. The second kappa shape index (κ2) is 7.02. The molecule has 2 rings (SSSR count). The zero-order chi connectivity index (χ0) is 16.1. The summed E-state index contributed by atoms with van der Waals surface area (Å²) in [5.41, 5.74) is 10.3. The van der Waals surface area contributed by atoms with Gasteiger partial charge in [-0.1, -0.05) is 13.2 Å². The number of methoxy groups -OCH3 is 1. The molecule has 1 aromatic heterocycles. The molecule has 114 valence electrons. The van der Waals surface area contributed by atoms with Crippen LogP contribution in [-0.2, 0) is 0 Å². The average molecular weight is 294 g/mol. The van der Waals surface area contributed by atoms with E-state index < -0.39 is 0 Å². The first-order chi connectivity index (χ1) is 10.6. The third kappa shape index (κ3) is 3.24.